The van der Waals surface area contributed by atoms with E-state index in [0.717, 1.165) is 29.9 Å². The molecule has 0 saturated heterocycles. The third-order valence-corrected chi connectivity index (χ3v) is 4.33. The van der Waals surface area contributed by atoms with Gasteiger partial charge < -0.3 is 15.0 Å². The maximum Gasteiger partial charge on any atom is 0.123 e. The average molecular weight is 323 g/mol. The molecule has 2 N–H and O–H groups in total. The van der Waals surface area contributed by atoms with Crippen molar-refractivity contribution in [2.75, 3.05) is 6.54 Å². The molecular formula is C20H25N3O. The number of nitrogens with one attached hydrogen (secondary N) is 1. The second-order valence-corrected chi connectivity index (χ2v) is 6.41. The molecule has 4 heteroatoms. The number of nitrogens with zero attached hydrogens (tertiary/aromatic N) is 2. The molecule has 3 aromatic rings. The standard InChI is InChI=1S/C20H25N3O/c1-3-13-23-18-12-8-7-11-17(18)22-19(23)14-21-15-20(2,24)16-9-5-4-6-10-16/h4-12,21,24H,3,13-15H2,1-2H3. The smallest absolute Gasteiger partial charge is 0.123 e. The second kappa shape index (κ2) is 7.16. The number of hydrogen-bond donors (Lipinski definition) is 2. The van der Waals surface area contributed by atoms with E-state index in [-0.39, 0.29) is 0 Å². The first kappa shape index (κ1) is 16.7. The van der Waals surface area contributed by atoms with Gasteiger partial charge in [-0.05, 0) is 31.0 Å². The van der Waals surface area contributed by atoms with E-state index in [0.29, 0.717) is 13.1 Å². The number of hydrogen-bond acceptors (Lipinski definition) is 3. The Morgan fingerprint density at radius 1 is 1.08 bits per heavy atom. The summed E-state index contributed by atoms with van der Waals surface area (Å²) in [5, 5.41) is 14.1. The van der Waals surface area contributed by atoms with Gasteiger partial charge in [-0.1, -0.05) is 49.4 Å². The van der Waals surface area contributed by atoms with Gasteiger partial charge in [-0.25, -0.2) is 4.98 Å². The quantitative estimate of drug-likeness (QED) is 0.700. The van der Waals surface area contributed by atoms with Crippen LogP contribution < -0.4 is 5.32 Å². The molecule has 4 nitrogen and oxygen atoms in total. The zero-order chi connectivity index (χ0) is 17.0. The van der Waals surface area contributed by atoms with Crippen molar-refractivity contribution in [2.24, 2.45) is 0 Å². The normalized spacial score (nSPS) is 14.0. The van der Waals surface area contributed by atoms with E-state index >= 15 is 0 Å². The van der Waals surface area contributed by atoms with Crippen LogP contribution in [0, 0.1) is 0 Å². The van der Waals surface area contributed by atoms with Crippen LogP contribution in [0.2, 0.25) is 0 Å². The molecule has 0 bridgehead atoms. The fourth-order valence-corrected chi connectivity index (χ4v) is 3.05. The first-order chi connectivity index (χ1) is 11.6. The van der Waals surface area contributed by atoms with Crippen molar-refractivity contribution in [3.8, 4) is 0 Å². The maximum atomic E-state index is 10.7. The monoisotopic (exact) mass is 323 g/mol. The van der Waals surface area contributed by atoms with E-state index in [4.69, 9.17) is 4.98 Å². The fraction of sp³-hybridized carbons (Fsp3) is 0.350. The lowest BCUT2D eigenvalue weighted by Gasteiger charge is -2.24. The molecule has 1 atom stereocenters. The lowest BCUT2D eigenvalue weighted by molar-refractivity contribution is 0.0564. The van der Waals surface area contributed by atoms with Crippen LogP contribution in [-0.2, 0) is 18.7 Å². The highest BCUT2D eigenvalue weighted by Crippen LogP contribution is 2.20. The van der Waals surface area contributed by atoms with Gasteiger partial charge in [-0.2, -0.15) is 0 Å². The van der Waals surface area contributed by atoms with Crippen molar-refractivity contribution in [3.63, 3.8) is 0 Å². The molecule has 0 aliphatic heterocycles. The van der Waals surface area contributed by atoms with Gasteiger partial charge >= 0.3 is 0 Å². The predicted molar refractivity (Wildman–Crippen MR) is 97.7 cm³/mol. The number of para-hydroxylation sites is 2. The van der Waals surface area contributed by atoms with Gasteiger partial charge in [0.2, 0.25) is 0 Å². The van der Waals surface area contributed by atoms with Crippen LogP contribution in [0.25, 0.3) is 11.0 Å². The largest absolute Gasteiger partial charge is 0.384 e. The molecule has 0 radical (unpaired) electrons. The van der Waals surface area contributed by atoms with Crippen molar-refractivity contribution >= 4 is 11.0 Å². The first-order valence-electron chi connectivity index (χ1n) is 8.54. The summed E-state index contributed by atoms with van der Waals surface area (Å²) in [4.78, 5) is 4.74. The van der Waals surface area contributed by atoms with Crippen molar-refractivity contribution in [1.82, 2.24) is 14.9 Å². The minimum atomic E-state index is -0.900. The Bertz CT molecular complexity index is 793. The molecular weight excluding hydrogens is 298 g/mol. The molecule has 126 valence electrons. The van der Waals surface area contributed by atoms with Crippen LogP contribution in [0.1, 0.15) is 31.7 Å². The lowest BCUT2D eigenvalue weighted by Crippen LogP contribution is -2.35. The van der Waals surface area contributed by atoms with Crippen molar-refractivity contribution in [1.29, 1.82) is 0 Å². The van der Waals surface area contributed by atoms with Gasteiger partial charge in [0.1, 0.15) is 5.82 Å². The Balaban J connectivity index is 1.73. The third kappa shape index (κ3) is 3.50. The van der Waals surface area contributed by atoms with Crippen molar-refractivity contribution in [3.05, 3.63) is 66.0 Å². The SMILES string of the molecule is CCCn1c(CNCC(C)(O)c2ccccc2)nc2ccccc21. The summed E-state index contributed by atoms with van der Waals surface area (Å²) >= 11 is 0. The zero-order valence-electron chi connectivity index (χ0n) is 14.4. The Labute approximate surface area is 143 Å². The molecule has 0 aliphatic carbocycles. The number of fused-ring (bicyclic) bond motifs is 1. The number of aryl methyl sites for hydroxylation is 1. The highest BCUT2D eigenvalue weighted by atomic mass is 16.3. The zero-order valence-corrected chi connectivity index (χ0v) is 14.4. The molecule has 0 spiro atoms. The molecule has 0 fully saturated rings. The van der Waals surface area contributed by atoms with E-state index in [9.17, 15) is 5.11 Å². The number of aromatic nitrogens is 2. The summed E-state index contributed by atoms with van der Waals surface area (Å²) in [5.41, 5.74) is 2.21. The molecule has 0 aliphatic rings. The lowest BCUT2D eigenvalue weighted by atomic mass is 9.96. The summed E-state index contributed by atoms with van der Waals surface area (Å²) in [6, 6.07) is 18.0. The van der Waals surface area contributed by atoms with Crippen LogP contribution in [0.5, 0.6) is 0 Å². The first-order valence-corrected chi connectivity index (χ1v) is 8.54. The van der Waals surface area contributed by atoms with Crippen molar-refractivity contribution < 1.29 is 5.11 Å². The van der Waals surface area contributed by atoms with Gasteiger partial charge in [0.15, 0.2) is 0 Å². The van der Waals surface area contributed by atoms with Crippen LogP contribution in [0.3, 0.4) is 0 Å². The Morgan fingerprint density at radius 3 is 2.54 bits per heavy atom. The second-order valence-electron chi connectivity index (χ2n) is 6.41. The number of imidazole rings is 1. The number of benzene rings is 2. The summed E-state index contributed by atoms with van der Waals surface area (Å²) in [6.45, 7) is 6.08. The van der Waals surface area contributed by atoms with E-state index < -0.39 is 5.60 Å². The predicted octanol–water partition coefficient (Wildman–Crippen LogP) is 3.44. The van der Waals surface area contributed by atoms with Gasteiger partial charge in [0, 0.05) is 13.1 Å². The van der Waals surface area contributed by atoms with E-state index in [1.165, 1.54) is 5.52 Å². The number of aliphatic hydroxyl groups is 1. The molecule has 1 heterocycles. The minimum Gasteiger partial charge on any atom is -0.384 e. The van der Waals surface area contributed by atoms with Gasteiger partial charge in [0.05, 0.1) is 23.2 Å². The Morgan fingerprint density at radius 2 is 1.79 bits per heavy atom. The van der Waals surface area contributed by atoms with Gasteiger partial charge in [0.25, 0.3) is 0 Å². The van der Waals surface area contributed by atoms with Crippen molar-refractivity contribution in [2.45, 2.75) is 39.0 Å². The summed E-state index contributed by atoms with van der Waals surface area (Å²) in [7, 11) is 0. The highest BCUT2D eigenvalue weighted by molar-refractivity contribution is 5.75. The maximum absolute atomic E-state index is 10.7. The average Bonchev–Trinajstić information content (AvgIpc) is 2.94. The molecule has 24 heavy (non-hydrogen) atoms. The van der Waals surface area contributed by atoms with Gasteiger partial charge in [-0.15, -0.1) is 0 Å². The Kier molecular flexibility index (Phi) is 4.97. The van der Waals surface area contributed by atoms with Crippen LogP contribution in [0.15, 0.2) is 54.6 Å². The topological polar surface area (TPSA) is 50.1 Å². The van der Waals surface area contributed by atoms with Crippen LogP contribution in [-0.4, -0.2) is 21.2 Å². The van der Waals surface area contributed by atoms with E-state index in [1.54, 1.807) is 0 Å². The molecule has 0 amide bonds. The fourth-order valence-electron chi connectivity index (χ4n) is 3.05. The number of rotatable bonds is 7. The molecule has 2 aromatic carbocycles. The van der Waals surface area contributed by atoms with Crippen LogP contribution in [0.4, 0.5) is 0 Å². The molecule has 0 saturated carbocycles. The van der Waals surface area contributed by atoms with Crippen LogP contribution >= 0.6 is 0 Å². The summed E-state index contributed by atoms with van der Waals surface area (Å²) < 4.78 is 2.26. The molecule has 1 unspecified atom stereocenters. The highest BCUT2D eigenvalue weighted by Gasteiger charge is 2.22. The molecule has 3 rings (SSSR count). The summed E-state index contributed by atoms with van der Waals surface area (Å²) in [6.07, 6.45) is 1.06. The Hall–Kier alpha value is -2.17. The third-order valence-electron chi connectivity index (χ3n) is 4.33. The van der Waals surface area contributed by atoms with Gasteiger partial charge in [-0.3, -0.25) is 0 Å². The van der Waals surface area contributed by atoms with E-state index in [2.05, 4.69) is 22.9 Å². The van der Waals surface area contributed by atoms with E-state index in [1.807, 2.05) is 55.5 Å². The minimum absolute atomic E-state index is 0.479. The summed E-state index contributed by atoms with van der Waals surface area (Å²) in [5.74, 6) is 1.02. The molecule has 1 aromatic heterocycles.